The molecule has 6 nitrogen and oxygen atoms in total. The maximum Gasteiger partial charge on any atom is 0.273 e. The lowest BCUT2D eigenvalue weighted by Gasteiger charge is -2.18. The zero-order valence-corrected chi connectivity index (χ0v) is 21.2. The summed E-state index contributed by atoms with van der Waals surface area (Å²) in [5.41, 5.74) is 0.182. The number of anilines is 1. The van der Waals surface area contributed by atoms with Gasteiger partial charge in [0.15, 0.2) is 0 Å². The minimum Gasteiger partial charge on any atom is -0.381 e. The SMILES string of the molecule is C[C@H]1[C@H](n2cc(C(=O)NCc3cccc(C(F)F)c3I)c(N[C@@H]3C4CN(C)C[C@H]43)cc2=O)C1(F)F. The van der Waals surface area contributed by atoms with Crippen LogP contribution in [-0.4, -0.2) is 47.5 Å². The number of benzene rings is 1. The van der Waals surface area contributed by atoms with Crippen molar-refractivity contribution in [1.82, 2.24) is 14.8 Å². The first-order valence-corrected chi connectivity index (χ1v) is 12.5. The van der Waals surface area contributed by atoms with E-state index >= 15 is 0 Å². The lowest BCUT2D eigenvalue weighted by molar-refractivity contribution is 0.0869. The zero-order valence-electron chi connectivity index (χ0n) is 19.1. The lowest BCUT2D eigenvalue weighted by Crippen LogP contribution is -2.30. The molecule has 1 unspecified atom stereocenters. The molecule has 0 radical (unpaired) electrons. The van der Waals surface area contributed by atoms with Crippen LogP contribution in [0.3, 0.4) is 0 Å². The second-order valence-corrected chi connectivity index (χ2v) is 10.9. The van der Waals surface area contributed by atoms with Crippen LogP contribution in [-0.2, 0) is 6.54 Å². The molecule has 3 aliphatic rings. The predicted molar refractivity (Wildman–Crippen MR) is 131 cm³/mol. The molecular weight excluding hydrogens is 579 g/mol. The molecule has 2 aliphatic carbocycles. The minimum absolute atomic E-state index is 0.0221. The van der Waals surface area contributed by atoms with Crippen molar-refractivity contribution in [1.29, 1.82) is 0 Å². The highest BCUT2D eigenvalue weighted by atomic mass is 127. The van der Waals surface area contributed by atoms with Crippen molar-refractivity contribution < 1.29 is 22.4 Å². The van der Waals surface area contributed by atoms with Gasteiger partial charge >= 0.3 is 0 Å². The molecule has 0 bridgehead atoms. The summed E-state index contributed by atoms with van der Waals surface area (Å²) in [7, 11) is 2.03. The molecule has 188 valence electrons. The van der Waals surface area contributed by atoms with Gasteiger partial charge in [-0.2, -0.15) is 0 Å². The summed E-state index contributed by atoms with van der Waals surface area (Å²) in [5, 5.41) is 6.00. The summed E-state index contributed by atoms with van der Waals surface area (Å²) in [6.45, 7) is 3.16. The van der Waals surface area contributed by atoms with Crippen LogP contribution >= 0.6 is 22.6 Å². The van der Waals surface area contributed by atoms with Gasteiger partial charge in [0.05, 0.1) is 11.3 Å². The highest BCUT2D eigenvalue weighted by Crippen LogP contribution is 2.58. The lowest BCUT2D eigenvalue weighted by atomic mass is 10.1. The minimum atomic E-state index is -3.02. The van der Waals surface area contributed by atoms with E-state index in [-0.39, 0.29) is 23.7 Å². The van der Waals surface area contributed by atoms with Gasteiger partial charge in [-0.05, 0) is 47.0 Å². The van der Waals surface area contributed by atoms with Gasteiger partial charge in [0.2, 0.25) is 0 Å². The molecule has 1 saturated heterocycles. The number of aromatic nitrogens is 1. The van der Waals surface area contributed by atoms with Crippen LogP contribution in [0.4, 0.5) is 23.2 Å². The molecule has 1 aromatic carbocycles. The van der Waals surface area contributed by atoms with Gasteiger partial charge in [-0.15, -0.1) is 0 Å². The van der Waals surface area contributed by atoms with Gasteiger partial charge in [0, 0.05) is 53.0 Å². The van der Waals surface area contributed by atoms with Crippen molar-refractivity contribution in [2.24, 2.45) is 17.8 Å². The van der Waals surface area contributed by atoms with Gasteiger partial charge < -0.3 is 20.1 Å². The summed E-state index contributed by atoms with van der Waals surface area (Å²) in [4.78, 5) is 28.2. The summed E-state index contributed by atoms with van der Waals surface area (Å²) < 4.78 is 55.9. The Balaban J connectivity index is 1.41. The molecule has 1 aromatic heterocycles. The first-order chi connectivity index (χ1) is 16.5. The standard InChI is InChI=1S/C24H25F4IN4O2/c1-11-21(24(11,27)28)33-10-16(17(6-18(33)34)31-20-14-8-32(2)9-15(14)20)23(35)30-7-12-4-3-5-13(19(12)29)22(25)26/h3-6,10-11,14-15,20-22,31H,7-9H2,1-2H3,(H,30,35)/t11-,14+,15?,20-,21-/m0/s1. The number of fused-ring (bicyclic) bond motifs is 1. The number of rotatable bonds is 7. The number of nitrogens with zero attached hydrogens (tertiary/aromatic N) is 2. The molecule has 3 fully saturated rings. The van der Waals surface area contributed by atoms with Crippen LogP contribution in [0.25, 0.3) is 0 Å². The predicted octanol–water partition coefficient (Wildman–Crippen LogP) is 4.12. The van der Waals surface area contributed by atoms with E-state index in [1.54, 1.807) is 6.07 Å². The van der Waals surface area contributed by atoms with Crippen molar-refractivity contribution in [2.45, 2.75) is 37.9 Å². The second kappa shape index (κ2) is 8.75. The third-order valence-electron chi connectivity index (χ3n) is 7.47. The molecule has 2 N–H and O–H groups in total. The fourth-order valence-corrected chi connectivity index (χ4v) is 6.04. The van der Waals surface area contributed by atoms with E-state index in [1.807, 2.05) is 29.6 Å². The maximum atomic E-state index is 14.1. The Morgan fingerprint density at radius 1 is 1.26 bits per heavy atom. The van der Waals surface area contributed by atoms with Crippen LogP contribution in [0.5, 0.6) is 0 Å². The fourth-order valence-electron chi connectivity index (χ4n) is 5.26. The smallest absolute Gasteiger partial charge is 0.273 e. The molecular formula is C24H25F4IN4O2. The Labute approximate surface area is 213 Å². The fraction of sp³-hybridized carbons (Fsp3) is 0.500. The average Bonchev–Trinajstić information content (AvgIpc) is 3.47. The number of amides is 1. The van der Waals surface area contributed by atoms with Crippen LogP contribution in [0.2, 0.25) is 0 Å². The molecule has 2 saturated carbocycles. The number of hydrogen-bond acceptors (Lipinski definition) is 4. The Hall–Kier alpha value is -2.15. The Kier molecular flexibility index (Phi) is 6.14. The van der Waals surface area contributed by atoms with Crippen LogP contribution < -0.4 is 16.2 Å². The number of carbonyl (C=O) groups excluding carboxylic acids is 1. The van der Waals surface area contributed by atoms with Crippen molar-refractivity contribution in [2.75, 3.05) is 25.5 Å². The number of likely N-dealkylation sites (tertiary alicyclic amines) is 1. The molecule has 2 heterocycles. The summed E-state index contributed by atoms with van der Waals surface area (Å²) in [5.74, 6) is -3.78. The van der Waals surface area contributed by atoms with Gasteiger partial charge in [-0.1, -0.05) is 25.1 Å². The van der Waals surface area contributed by atoms with E-state index in [4.69, 9.17) is 0 Å². The highest BCUT2D eigenvalue weighted by molar-refractivity contribution is 14.1. The largest absolute Gasteiger partial charge is 0.381 e. The van der Waals surface area contributed by atoms with Crippen molar-refractivity contribution in [3.8, 4) is 0 Å². The van der Waals surface area contributed by atoms with E-state index in [2.05, 4.69) is 15.5 Å². The van der Waals surface area contributed by atoms with Crippen molar-refractivity contribution in [3.63, 3.8) is 0 Å². The third kappa shape index (κ3) is 4.34. The van der Waals surface area contributed by atoms with E-state index < -0.39 is 35.8 Å². The molecule has 1 aliphatic heterocycles. The molecule has 5 rings (SSSR count). The summed E-state index contributed by atoms with van der Waals surface area (Å²) in [6.07, 6.45) is -1.44. The van der Waals surface area contributed by atoms with Crippen molar-refractivity contribution in [3.05, 3.63) is 61.1 Å². The van der Waals surface area contributed by atoms with Gasteiger partial charge in [0.1, 0.15) is 6.04 Å². The second-order valence-electron chi connectivity index (χ2n) is 9.78. The van der Waals surface area contributed by atoms with Gasteiger partial charge in [-0.25, -0.2) is 17.6 Å². The summed E-state index contributed by atoms with van der Waals surface area (Å²) >= 11 is 1.82. The first kappa shape index (κ1) is 24.5. The zero-order chi connectivity index (χ0) is 25.2. The van der Waals surface area contributed by atoms with Gasteiger partial charge in [-0.3, -0.25) is 9.59 Å². The van der Waals surface area contributed by atoms with E-state index in [1.165, 1.54) is 31.3 Å². The number of alkyl halides is 4. The van der Waals surface area contributed by atoms with Crippen LogP contribution in [0.15, 0.2) is 35.3 Å². The maximum absolute atomic E-state index is 14.1. The average molecular weight is 604 g/mol. The molecule has 2 aromatic rings. The monoisotopic (exact) mass is 604 g/mol. The Morgan fingerprint density at radius 3 is 2.51 bits per heavy atom. The quantitative estimate of drug-likeness (QED) is 0.369. The molecule has 5 atom stereocenters. The van der Waals surface area contributed by atoms with E-state index in [9.17, 15) is 27.2 Å². The Bertz CT molecular complexity index is 1220. The number of nitrogens with one attached hydrogen (secondary N) is 2. The van der Waals surface area contributed by atoms with Crippen molar-refractivity contribution >= 4 is 34.2 Å². The number of hydrogen-bond donors (Lipinski definition) is 2. The molecule has 0 spiro atoms. The number of carbonyl (C=O) groups is 1. The molecule has 11 heteroatoms. The topological polar surface area (TPSA) is 66.4 Å². The number of halogens is 5. The number of piperidine rings is 1. The van der Waals surface area contributed by atoms with Crippen LogP contribution in [0.1, 0.15) is 40.9 Å². The molecule has 1 amide bonds. The van der Waals surface area contributed by atoms with Crippen LogP contribution in [0, 0.1) is 21.3 Å². The van der Waals surface area contributed by atoms with E-state index in [0.29, 0.717) is 26.7 Å². The third-order valence-corrected chi connectivity index (χ3v) is 8.79. The Morgan fingerprint density at radius 2 is 1.91 bits per heavy atom. The van der Waals surface area contributed by atoms with Gasteiger partial charge in [0.25, 0.3) is 23.8 Å². The van der Waals surface area contributed by atoms with E-state index in [0.717, 1.165) is 17.7 Å². The first-order valence-electron chi connectivity index (χ1n) is 11.4. The molecule has 35 heavy (non-hydrogen) atoms. The normalized spacial score (nSPS) is 28.6. The number of pyridine rings is 1. The highest BCUT2D eigenvalue weighted by Gasteiger charge is 2.67. The summed E-state index contributed by atoms with van der Waals surface area (Å²) in [6, 6.07) is 4.50.